The van der Waals surface area contributed by atoms with Gasteiger partial charge in [-0.25, -0.2) is 4.39 Å². The van der Waals surface area contributed by atoms with Crippen LogP contribution in [0.2, 0.25) is 5.02 Å². The lowest BCUT2D eigenvalue weighted by Crippen LogP contribution is -2.55. The van der Waals surface area contributed by atoms with Crippen LogP contribution in [0, 0.1) is 12.7 Å². The zero-order chi connectivity index (χ0) is 18.7. The quantitative estimate of drug-likeness (QED) is 0.683. The number of rotatable bonds is 0. The predicted octanol–water partition coefficient (Wildman–Crippen LogP) is 3.84. The first-order valence-electron chi connectivity index (χ1n) is 9.07. The average Bonchev–Trinajstić information content (AvgIpc) is 2.77. The van der Waals surface area contributed by atoms with Crippen LogP contribution in [0.15, 0.2) is 24.1 Å². The average molecular weight is 378 g/mol. The van der Waals surface area contributed by atoms with Gasteiger partial charge in [0.05, 0.1) is 23.7 Å². The maximum atomic E-state index is 15.1. The monoisotopic (exact) mass is 377 g/mol. The third-order valence-electron chi connectivity index (χ3n) is 6.03. The number of ether oxygens (including phenoxy) is 1. The van der Waals surface area contributed by atoms with Crippen LogP contribution in [-0.2, 0) is 4.74 Å². The molecule has 140 valence electrons. The van der Waals surface area contributed by atoms with E-state index in [2.05, 4.69) is 30.4 Å². The molecule has 1 aromatic rings. The molecule has 4 rings (SSSR count). The molecule has 4 nitrogen and oxygen atoms in total. The van der Waals surface area contributed by atoms with Crippen LogP contribution in [0.25, 0.3) is 5.70 Å². The highest BCUT2D eigenvalue weighted by molar-refractivity contribution is 6.31. The molecule has 0 amide bonds. The first-order chi connectivity index (χ1) is 12.3. The lowest BCUT2D eigenvalue weighted by Gasteiger charge is -2.46. The lowest BCUT2D eigenvalue weighted by atomic mass is 9.95. The topological polar surface area (TPSA) is 19.0 Å². The minimum absolute atomic E-state index is 0.286. The van der Waals surface area contributed by atoms with Gasteiger partial charge in [0.15, 0.2) is 11.6 Å². The van der Waals surface area contributed by atoms with Gasteiger partial charge < -0.3 is 14.5 Å². The molecule has 6 heteroatoms. The molecular weight excluding hydrogens is 353 g/mol. The molecule has 0 aromatic heterocycles. The second-order valence-corrected chi connectivity index (χ2v) is 8.02. The molecule has 0 N–H and O–H groups in total. The third-order valence-corrected chi connectivity index (χ3v) is 6.42. The predicted molar refractivity (Wildman–Crippen MR) is 104 cm³/mol. The number of benzene rings is 1. The fourth-order valence-corrected chi connectivity index (χ4v) is 4.39. The van der Waals surface area contributed by atoms with Gasteiger partial charge in [-0.1, -0.05) is 18.2 Å². The van der Waals surface area contributed by atoms with Crippen molar-refractivity contribution >= 4 is 23.0 Å². The van der Waals surface area contributed by atoms with Crippen molar-refractivity contribution < 1.29 is 9.13 Å². The van der Waals surface area contributed by atoms with Crippen molar-refractivity contribution in [1.82, 2.24) is 9.80 Å². The number of nitrogens with zero attached hydrogens (tertiary/aromatic N) is 3. The Labute approximate surface area is 159 Å². The maximum Gasteiger partial charge on any atom is 0.166 e. The van der Waals surface area contributed by atoms with Crippen molar-refractivity contribution in [1.29, 1.82) is 0 Å². The van der Waals surface area contributed by atoms with E-state index < -0.39 is 0 Å². The molecule has 3 heterocycles. The Bertz CT molecular complexity index is 822. The van der Waals surface area contributed by atoms with E-state index in [9.17, 15) is 0 Å². The third kappa shape index (κ3) is 2.44. The molecule has 3 aliphatic heterocycles. The number of halogens is 2. The zero-order valence-corrected chi connectivity index (χ0v) is 16.5. The van der Waals surface area contributed by atoms with Crippen molar-refractivity contribution in [3.63, 3.8) is 0 Å². The number of anilines is 1. The van der Waals surface area contributed by atoms with Gasteiger partial charge in [-0.2, -0.15) is 0 Å². The molecular formula is C20H25ClFN3O. The molecule has 0 bridgehead atoms. The Balaban J connectivity index is 1.95. The second kappa shape index (κ2) is 6.17. The normalized spacial score (nSPS) is 26.2. The number of likely N-dealkylation sites (N-methyl/N-ethyl adjacent to an activating group) is 2. The maximum absolute atomic E-state index is 15.1. The molecule has 3 aliphatic rings. The van der Waals surface area contributed by atoms with Crippen molar-refractivity contribution in [2.75, 3.05) is 38.7 Å². The van der Waals surface area contributed by atoms with Crippen molar-refractivity contribution in [2.45, 2.75) is 32.4 Å². The summed E-state index contributed by atoms with van der Waals surface area (Å²) in [5, 5.41) is 0.442. The first-order valence-corrected chi connectivity index (χ1v) is 9.45. The number of hydrogen-bond donors (Lipinski definition) is 0. The summed E-state index contributed by atoms with van der Waals surface area (Å²) in [4.78, 5) is 6.54. The molecule has 0 radical (unpaired) electrons. The summed E-state index contributed by atoms with van der Waals surface area (Å²) in [7, 11) is 3.99. The van der Waals surface area contributed by atoms with Gasteiger partial charge in [0.2, 0.25) is 0 Å². The highest BCUT2D eigenvalue weighted by Crippen LogP contribution is 2.47. The summed E-state index contributed by atoms with van der Waals surface area (Å²) in [5.74, 6) is 0.462. The molecule has 2 unspecified atom stereocenters. The lowest BCUT2D eigenvalue weighted by molar-refractivity contribution is 0.0864. The summed E-state index contributed by atoms with van der Waals surface area (Å²) in [5.41, 5.74) is 3.43. The molecule has 26 heavy (non-hydrogen) atoms. The Morgan fingerprint density at radius 1 is 1.31 bits per heavy atom. The van der Waals surface area contributed by atoms with Crippen molar-refractivity contribution in [3.8, 4) is 0 Å². The van der Waals surface area contributed by atoms with Gasteiger partial charge >= 0.3 is 0 Å². The fourth-order valence-electron chi connectivity index (χ4n) is 4.20. The van der Waals surface area contributed by atoms with Gasteiger partial charge in [0.25, 0.3) is 0 Å². The summed E-state index contributed by atoms with van der Waals surface area (Å²) in [6, 6.07) is 2.61. The molecule has 1 aromatic carbocycles. The molecule has 0 spiro atoms. The van der Waals surface area contributed by atoms with Crippen molar-refractivity contribution in [3.05, 3.63) is 46.1 Å². The number of piperazine rings is 1. The van der Waals surface area contributed by atoms with Crippen LogP contribution in [-0.4, -0.2) is 55.7 Å². The van der Waals surface area contributed by atoms with E-state index in [0.29, 0.717) is 40.7 Å². The first kappa shape index (κ1) is 17.7. The van der Waals surface area contributed by atoms with Gasteiger partial charge in [0, 0.05) is 54.8 Å². The highest BCUT2D eigenvalue weighted by atomic mass is 35.5. The van der Waals surface area contributed by atoms with Gasteiger partial charge in [0.1, 0.15) is 0 Å². The Kier molecular flexibility index (Phi) is 4.20. The van der Waals surface area contributed by atoms with E-state index in [4.69, 9.17) is 16.3 Å². The van der Waals surface area contributed by atoms with Gasteiger partial charge in [-0.3, -0.25) is 4.90 Å². The van der Waals surface area contributed by atoms with E-state index in [-0.39, 0.29) is 5.82 Å². The summed E-state index contributed by atoms with van der Waals surface area (Å²) < 4.78 is 21.3. The molecule has 1 fully saturated rings. The summed E-state index contributed by atoms with van der Waals surface area (Å²) in [6.45, 7) is 10.6. The smallest absolute Gasteiger partial charge is 0.166 e. The van der Waals surface area contributed by atoms with Crippen LogP contribution < -0.4 is 4.90 Å². The van der Waals surface area contributed by atoms with E-state index in [1.807, 2.05) is 13.1 Å². The van der Waals surface area contributed by atoms with Crippen LogP contribution in [0.5, 0.6) is 0 Å². The van der Waals surface area contributed by atoms with Crippen LogP contribution in [0.1, 0.15) is 24.5 Å². The summed E-state index contributed by atoms with van der Waals surface area (Å²) >= 11 is 6.36. The van der Waals surface area contributed by atoms with E-state index >= 15 is 4.39 Å². The number of fused-ring (bicyclic) bond motifs is 4. The van der Waals surface area contributed by atoms with E-state index in [1.165, 1.54) is 0 Å². The minimum Gasteiger partial charge on any atom is -0.489 e. The fraction of sp³-hybridized carbons (Fsp3) is 0.500. The Morgan fingerprint density at radius 2 is 2.04 bits per heavy atom. The van der Waals surface area contributed by atoms with Gasteiger partial charge in [-0.15, -0.1) is 0 Å². The SMILES string of the molecule is C=C1C2=C(c3cc(Cl)c(C)c(F)c3N1C)N1CC(C)N(C)CC1CCO2. The zero-order valence-electron chi connectivity index (χ0n) is 15.8. The highest BCUT2D eigenvalue weighted by Gasteiger charge is 2.40. The summed E-state index contributed by atoms with van der Waals surface area (Å²) in [6.07, 6.45) is 0.929. The minimum atomic E-state index is -0.286. The van der Waals surface area contributed by atoms with Crippen LogP contribution in [0.3, 0.4) is 0 Å². The van der Waals surface area contributed by atoms with E-state index in [1.54, 1.807) is 11.8 Å². The van der Waals surface area contributed by atoms with Crippen LogP contribution in [0.4, 0.5) is 10.1 Å². The molecule has 0 saturated carbocycles. The van der Waals surface area contributed by atoms with E-state index in [0.717, 1.165) is 36.5 Å². The van der Waals surface area contributed by atoms with Crippen molar-refractivity contribution in [2.24, 2.45) is 0 Å². The molecule has 2 atom stereocenters. The standard InChI is InChI=1S/C20H25ClFN3O/c1-11-9-25-14(10-23(11)4)6-7-26-20-13(3)24(5)18-15(19(20)25)8-16(21)12(2)17(18)22/h8,11,14H,3,6-7,9-10H2,1-2,4-5H3. The van der Waals surface area contributed by atoms with Gasteiger partial charge in [-0.05, 0) is 27.0 Å². The Hall–Kier alpha value is -1.72. The Morgan fingerprint density at radius 3 is 2.77 bits per heavy atom. The second-order valence-electron chi connectivity index (χ2n) is 7.61. The molecule has 0 aliphatic carbocycles. The largest absolute Gasteiger partial charge is 0.489 e. The van der Waals surface area contributed by atoms with Crippen LogP contribution >= 0.6 is 11.6 Å². The number of hydrogen-bond acceptors (Lipinski definition) is 4. The molecule has 1 saturated heterocycles.